The molecule has 0 spiro atoms. The molecule has 1 fully saturated rings. The number of fused-ring (bicyclic) bond motifs is 1. The summed E-state index contributed by atoms with van der Waals surface area (Å²) in [6.07, 6.45) is 6.84. The summed E-state index contributed by atoms with van der Waals surface area (Å²) in [7, 11) is 0. The molecule has 0 radical (unpaired) electrons. The standard InChI is InChI=1S/C23H34O/c1-7-8-16(17-14-21(17)24)15-9-10-20-18(13-15)19(22(2,3)4)11-12-23(20,5)6/h9-11,13,16-17,21,24H,7-8,12,14H2,1-6H3/t16?,17?,21-/m0/s1. The van der Waals surface area contributed by atoms with Crippen molar-refractivity contribution >= 4 is 5.57 Å². The zero-order chi connectivity index (χ0) is 17.7. The van der Waals surface area contributed by atoms with Crippen molar-refractivity contribution in [1.82, 2.24) is 0 Å². The van der Waals surface area contributed by atoms with E-state index in [9.17, 15) is 5.11 Å². The van der Waals surface area contributed by atoms with Crippen LogP contribution in [0.3, 0.4) is 0 Å². The Bertz CT molecular complexity index is 644. The van der Waals surface area contributed by atoms with Crippen molar-refractivity contribution in [2.45, 2.75) is 84.7 Å². The summed E-state index contributed by atoms with van der Waals surface area (Å²) < 4.78 is 0. The highest BCUT2D eigenvalue weighted by Crippen LogP contribution is 2.49. The molecular formula is C23H34O. The maximum Gasteiger partial charge on any atom is 0.0579 e. The van der Waals surface area contributed by atoms with Crippen LogP contribution < -0.4 is 0 Å². The van der Waals surface area contributed by atoms with E-state index < -0.39 is 0 Å². The first kappa shape index (κ1) is 17.7. The van der Waals surface area contributed by atoms with Gasteiger partial charge in [0.2, 0.25) is 0 Å². The molecule has 1 heteroatoms. The van der Waals surface area contributed by atoms with E-state index in [1.165, 1.54) is 35.1 Å². The number of aliphatic hydroxyl groups is 1. The zero-order valence-electron chi connectivity index (χ0n) is 16.3. The average Bonchev–Trinajstić information content (AvgIpc) is 3.19. The number of aliphatic hydroxyl groups excluding tert-OH is 1. The normalized spacial score (nSPS) is 26.5. The van der Waals surface area contributed by atoms with E-state index in [2.05, 4.69) is 65.8 Å². The smallest absolute Gasteiger partial charge is 0.0579 e. The molecule has 1 aromatic carbocycles. The van der Waals surface area contributed by atoms with E-state index in [0.717, 1.165) is 12.8 Å². The molecule has 1 nitrogen and oxygen atoms in total. The molecular weight excluding hydrogens is 292 g/mol. The Labute approximate surface area is 148 Å². The zero-order valence-corrected chi connectivity index (χ0v) is 16.3. The summed E-state index contributed by atoms with van der Waals surface area (Å²) >= 11 is 0. The number of hydrogen-bond donors (Lipinski definition) is 1. The van der Waals surface area contributed by atoms with Crippen LogP contribution in [0.2, 0.25) is 0 Å². The van der Waals surface area contributed by atoms with Crippen molar-refractivity contribution in [3.05, 3.63) is 41.0 Å². The van der Waals surface area contributed by atoms with Gasteiger partial charge in [0.1, 0.15) is 0 Å². The summed E-state index contributed by atoms with van der Waals surface area (Å²) in [5.74, 6) is 0.989. The van der Waals surface area contributed by atoms with Crippen molar-refractivity contribution in [3.8, 4) is 0 Å². The van der Waals surface area contributed by atoms with Crippen molar-refractivity contribution in [1.29, 1.82) is 0 Å². The fourth-order valence-electron chi connectivity index (χ4n) is 4.46. The van der Waals surface area contributed by atoms with Crippen LogP contribution in [0.5, 0.6) is 0 Å². The topological polar surface area (TPSA) is 20.2 Å². The summed E-state index contributed by atoms with van der Waals surface area (Å²) in [5, 5.41) is 9.98. The molecule has 2 unspecified atom stereocenters. The maximum absolute atomic E-state index is 9.98. The van der Waals surface area contributed by atoms with E-state index in [-0.39, 0.29) is 16.9 Å². The van der Waals surface area contributed by atoms with E-state index in [0.29, 0.717) is 11.8 Å². The Morgan fingerprint density at radius 1 is 1.25 bits per heavy atom. The first-order valence-electron chi connectivity index (χ1n) is 9.68. The SMILES string of the molecule is CCCC(c1ccc2c(c1)C(C(C)(C)C)=CCC2(C)C)C1C[C@@H]1O. The Hall–Kier alpha value is -1.08. The Kier molecular flexibility index (Phi) is 4.45. The fraction of sp³-hybridized carbons (Fsp3) is 0.652. The quantitative estimate of drug-likeness (QED) is 0.713. The summed E-state index contributed by atoms with van der Waals surface area (Å²) in [6, 6.07) is 7.18. The van der Waals surface area contributed by atoms with Gasteiger partial charge in [-0.1, -0.05) is 72.2 Å². The highest BCUT2D eigenvalue weighted by atomic mass is 16.3. The molecule has 24 heavy (non-hydrogen) atoms. The minimum Gasteiger partial charge on any atom is -0.393 e. The van der Waals surface area contributed by atoms with Crippen LogP contribution in [-0.4, -0.2) is 11.2 Å². The van der Waals surface area contributed by atoms with Crippen molar-refractivity contribution in [3.63, 3.8) is 0 Å². The molecule has 1 N–H and O–H groups in total. The first-order valence-corrected chi connectivity index (χ1v) is 9.68. The van der Waals surface area contributed by atoms with Crippen LogP contribution in [0, 0.1) is 11.3 Å². The van der Waals surface area contributed by atoms with Crippen LogP contribution >= 0.6 is 0 Å². The second-order valence-corrected chi connectivity index (χ2v) is 9.62. The van der Waals surface area contributed by atoms with Gasteiger partial charge in [-0.25, -0.2) is 0 Å². The van der Waals surface area contributed by atoms with E-state index in [1.807, 2.05) is 0 Å². The van der Waals surface area contributed by atoms with E-state index in [4.69, 9.17) is 0 Å². The minimum atomic E-state index is -0.0772. The molecule has 1 aromatic rings. The van der Waals surface area contributed by atoms with Crippen LogP contribution in [0.1, 0.15) is 89.8 Å². The molecule has 2 aliphatic rings. The van der Waals surface area contributed by atoms with Crippen LogP contribution in [0.25, 0.3) is 5.57 Å². The lowest BCUT2D eigenvalue weighted by atomic mass is 9.67. The third-order valence-electron chi connectivity index (χ3n) is 6.04. The average molecular weight is 327 g/mol. The number of benzene rings is 1. The van der Waals surface area contributed by atoms with E-state index >= 15 is 0 Å². The first-order chi connectivity index (χ1) is 11.1. The predicted molar refractivity (Wildman–Crippen MR) is 103 cm³/mol. The molecule has 0 saturated heterocycles. The molecule has 0 aliphatic heterocycles. The molecule has 0 aromatic heterocycles. The lowest BCUT2D eigenvalue weighted by Crippen LogP contribution is -2.25. The van der Waals surface area contributed by atoms with Crippen LogP contribution in [0.15, 0.2) is 24.3 Å². The lowest BCUT2D eigenvalue weighted by molar-refractivity contribution is 0.248. The summed E-state index contributed by atoms with van der Waals surface area (Å²) in [5.41, 5.74) is 6.25. The highest BCUT2D eigenvalue weighted by Gasteiger charge is 2.42. The predicted octanol–water partition coefficient (Wildman–Crippen LogP) is 6.06. The second-order valence-electron chi connectivity index (χ2n) is 9.62. The van der Waals surface area contributed by atoms with Gasteiger partial charge >= 0.3 is 0 Å². The van der Waals surface area contributed by atoms with Gasteiger partial charge in [0.15, 0.2) is 0 Å². The third-order valence-corrected chi connectivity index (χ3v) is 6.04. The van der Waals surface area contributed by atoms with Gasteiger partial charge < -0.3 is 5.11 Å². The lowest BCUT2D eigenvalue weighted by Gasteiger charge is -2.37. The number of hydrogen-bond acceptors (Lipinski definition) is 1. The van der Waals surface area contributed by atoms with E-state index in [1.54, 1.807) is 0 Å². The van der Waals surface area contributed by atoms with Gasteiger partial charge in [-0.15, -0.1) is 0 Å². The Morgan fingerprint density at radius 2 is 1.92 bits per heavy atom. The fourth-order valence-corrected chi connectivity index (χ4v) is 4.46. The van der Waals surface area contributed by atoms with Crippen LogP contribution in [0.4, 0.5) is 0 Å². The summed E-state index contributed by atoms with van der Waals surface area (Å²) in [6.45, 7) is 13.9. The number of rotatable bonds is 4. The van der Waals surface area contributed by atoms with Gasteiger partial charge in [0.25, 0.3) is 0 Å². The van der Waals surface area contributed by atoms with Gasteiger partial charge in [-0.2, -0.15) is 0 Å². The molecule has 1 saturated carbocycles. The van der Waals surface area contributed by atoms with Gasteiger partial charge in [-0.05, 0) is 64.2 Å². The molecule has 132 valence electrons. The number of allylic oxidation sites excluding steroid dienone is 2. The monoisotopic (exact) mass is 326 g/mol. The minimum absolute atomic E-state index is 0.0772. The molecule has 0 bridgehead atoms. The Balaban J connectivity index is 2.06. The highest BCUT2D eigenvalue weighted by molar-refractivity contribution is 5.75. The molecule has 3 atom stereocenters. The second kappa shape index (κ2) is 6.02. The van der Waals surface area contributed by atoms with Gasteiger partial charge in [0.05, 0.1) is 6.10 Å². The van der Waals surface area contributed by atoms with Crippen molar-refractivity contribution in [2.24, 2.45) is 11.3 Å². The Morgan fingerprint density at radius 3 is 2.46 bits per heavy atom. The van der Waals surface area contributed by atoms with Crippen molar-refractivity contribution in [2.75, 3.05) is 0 Å². The maximum atomic E-state index is 9.98. The summed E-state index contributed by atoms with van der Waals surface area (Å²) in [4.78, 5) is 0. The molecule has 3 rings (SSSR count). The van der Waals surface area contributed by atoms with Crippen molar-refractivity contribution < 1.29 is 5.11 Å². The molecule has 0 amide bonds. The van der Waals surface area contributed by atoms with Crippen LogP contribution in [-0.2, 0) is 5.41 Å². The van der Waals surface area contributed by atoms with Gasteiger partial charge in [-0.3, -0.25) is 0 Å². The molecule has 2 aliphatic carbocycles. The molecule has 0 heterocycles. The van der Waals surface area contributed by atoms with Gasteiger partial charge in [0, 0.05) is 0 Å². The third kappa shape index (κ3) is 3.20. The largest absolute Gasteiger partial charge is 0.393 e.